The van der Waals surface area contributed by atoms with Gasteiger partial charge in [0.05, 0.1) is 0 Å². The van der Waals surface area contributed by atoms with Gasteiger partial charge in [0.15, 0.2) is 0 Å². The Labute approximate surface area is 264 Å². The molecule has 0 bridgehead atoms. The van der Waals surface area contributed by atoms with E-state index in [0.29, 0.717) is 0 Å². The fourth-order valence-electron chi connectivity index (χ4n) is 5.12. The first-order valence-corrected chi connectivity index (χ1v) is 15.3. The molecule has 2 nitrogen and oxygen atoms in total. The molecule has 0 fully saturated rings. The number of hydrogen-bond acceptors (Lipinski definition) is 2. The van der Waals surface area contributed by atoms with Crippen LogP contribution in [0.15, 0.2) is 115 Å². The van der Waals surface area contributed by atoms with Crippen molar-refractivity contribution in [2.45, 2.75) is 26.2 Å². The quantitative estimate of drug-likeness (QED) is 0.170. The summed E-state index contributed by atoms with van der Waals surface area (Å²) in [7, 11) is 8.26. The average Bonchev–Trinajstić information content (AvgIpc) is 3.03. The third-order valence-corrected chi connectivity index (χ3v) is 8.04. The second kappa shape index (κ2) is 13.2. The molecule has 0 amide bonds. The van der Waals surface area contributed by atoms with E-state index in [1.165, 1.54) is 61.4 Å². The summed E-state index contributed by atoms with van der Waals surface area (Å²) < 4.78 is 0. The van der Waals surface area contributed by atoms with Crippen molar-refractivity contribution in [2.75, 3.05) is 38.0 Å². The normalized spacial score (nSPS) is 11.8. The molecular formula is C42H44N2. The van der Waals surface area contributed by atoms with Gasteiger partial charge in [0.25, 0.3) is 0 Å². The number of hydrogen-bond donors (Lipinski definition) is 0. The van der Waals surface area contributed by atoms with Crippen molar-refractivity contribution < 1.29 is 0 Å². The van der Waals surface area contributed by atoms with E-state index in [0.717, 1.165) is 0 Å². The summed E-state index contributed by atoms with van der Waals surface area (Å²) in [4.78, 5) is 4.24. The van der Waals surface area contributed by atoms with Crippen LogP contribution in [0.3, 0.4) is 0 Å². The van der Waals surface area contributed by atoms with Crippen LogP contribution in [0, 0.1) is 0 Å². The van der Waals surface area contributed by atoms with Gasteiger partial charge >= 0.3 is 0 Å². The number of anilines is 2. The van der Waals surface area contributed by atoms with E-state index in [1.807, 2.05) is 0 Å². The monoisotopic (exact) mass is 576 g/mol. The van der Waals surface area contributed by atoms with Gasteiger partial charge in [0.2, 0.25) is 0 Å². The summed E-state index contributed by atoms with van der Waals surface area (Å²) >= 11 is 0. The molecule has 2 heteroatoms. The molecule has 0 atom stereocenters. The first-order chi connectivity index (χ1) is 21.0. The van der Waals surface area contributed by atoms with Gasteiger partial charge in [-0.1, -0.05) is 130 Å². The number of nitrogens with zero attached hydrogens (tertiary/aromatic N) is 2. The molecule has 0 aliphatic carbocycles. The smallest absolute Gasteiger partial charge is 0.0361 e. The van der Waals surface area contributed by atoms with Gasteiger partial charge in [-0.05, 0) is 85.8 Å². The van der Waals surface area contributed by atoms with E-state index in [-0.39, 0.29) is 5.41 Å². The van der Waals surface area contributed by atoms with Crippen LogP contribution in [-0.4, -0.2) is 28.2 Å². The lowest BCUT2D eigenvalue weighted by Crippen LogP contribution is -2.11. The van der Waals surface area contributed by atoms with Gasteiger partial charge in [-0.2, -0.15) is 0 Å². The zero-order chi connectivity index (χ0) is 31.3. The summed E-state index contributed by atoms with van der Waals surface area (Å²) in [6, 6.07) is 42.0. The van der Waals surface area contributed by atoms with Gasteiger partial charge in [0.1, 0.15) is 0 Å². The lowest BCUT2D eigenvalue weighted by Gasteiger charge is -2.22. The van der Waals surface area contributed by atoms with Crippen molar-refractivity contribution in [1.82, 2.24) is 0 Å². The Kier molecular flexibility index (Phi) is 9.20. The minimum Gasteiger partial charge on any atom is -0.378 e. The molecule has 0 aliphatic rings. The van der Waals surface area contributed by atoms with E-state index in [4.69, 9.17) is 0 Å². The van der Waals surface area contributed by atoms with E-state index in [2.05, 4.69) is 198 Å². The van der Waals surface area contributed by atoms with E-state index >= 15 is 0 Å². The Morgan fingerprint density at radius 3 is 0.955 bits per heavy atom. The summed E-state index contributed by atoms with van der Waals surface area (Å²) in [6.07, 6.45) is 8.71. The van der Waals surface area contributed by atoms with E-state index in [1.54, 1.807) is 0 Å². The second-order valence-electron chi connectivity index (χ2n) is 12.9. The molecule has 0 heterocycles. The molecule has 5 rings (SSSR count). The van der Waals surface area contributed by atoms with Crippen molar-refractivity contribution >= 4 is 35.7 Å². The topological polar surface area (TPSA) is 6.48 Å². The zero-order valence-electron chi connectivity index (χ0n) is 27.2. The predicted molar refractivity (Wildman–Crippen MR) is 195 cm³/mol. The second-order valence-corrected chi connectivity index (χ2v) is 12.9. The predicted octanol–water partition coefficient (Wildman–Crippen LogP) is 10.8. The number of benzene rings is 5. The summed E-state index contributed by atoms with van der Waals surface area (Å²) in [6.45, 7) is 6.86. The minimum absolute atomic E-state index is 0.0420. The first-order valence-electron chi connectivity index (χ1n) is 15.3. The van der Waals surface area contributed by atoms with Crippen LogP contribution in [0.25, 0.3) is 46.6 Å². The van der Waals surface area contributed by atoms with Crippen LogP contribution >= 0.6 is 0 Å². The average molecular weight is 577 g/mol. The maximum atomic E-state index is 2.35. The third-order valence-electron chi connectivity index (χ3n) is 8.04. The molecule has 0 unspecified atom stereocenters. The molecule has 0 saturated carbocycles. The highest BCUT2D eigenvalue weighted by Gasteiger charge is 2.16. The molecule has 0 aliphatic heterocycles. The molecule has 0 saturated heterocycles. The molecule has 44 heavy (non-hydrogen) atoms. The standard InChI is InChI=1S/C42H44N2/c1-42(2,3)39-29-37(35-20-12-31(13-21-35)8-10-33-16-24-40(25-17-33)43(4)5)28-38(30-39)36-22-14-32(15-23-36)9-11-34-18-26-41(27-19-34)44(6)7/h8-30H,1-7H3/b10-8+,11-9+. The molecular weight excluding hydrogens is 532 g/mol. The minimum atomic E-state index is 0.0420. The molecule has 0 spiro atoms. The Morgan fingerprint density at radius 2 is 0.682 bits per heavy atom. The largest absolute Gasteiger partial charge is 0.378 e. The van der Waals surface area contributed by atoms with Gasteiger partial charge in [-0.15, -0.1) is 0 Å². The molecule has 0 radical (unpaired) electrons. The molecule has 5 aromatic rings. The fraction of sp³-hybridized carbons (Fsp3) is 0.190. The molecule has 0 aromatic heterocycles. The Morgan fingerprint density at radius 1 is 0.386 bits per heavy atom. The number of rotatable bonds is 8. The first kappa shape index (κ1) is 30.6. The maximum absolute atomic E-state index is 2.35. The van der Waals surface area contributed by atoms with Crippen LogP contribution < -0.4 is 9.80 Å². The maximum Gasteiger partial charge on any atom is 0.0361 e. The summed E-state index contributed by atoms with van der Waals surface area (Å²) in [5.74, 6) is 0. The highest BCUT2D eigenvalue weighted by atomic mass is 15.1. The lowest BCUT2D eigenvalue weighted by atomic mass is 9.83. The van der Waals surface area contributed by atoms with Gasteiger partial charge in [-0.25, -0.2) is 0 Å². The summed E-state index contributed by atoms with van der Waals surface area (Å²) in [5.41, 5.74) is 13.5. The van der Waals surface area contributed by atoms with Crippen molar-refractivity contribution in [2.24, 2.45) is 0 Å². The Bertz CT molecular complexity index is 1610. The van der Waals surface area contributed by atoms with Crippen LogP contribution in [0.5, 0.6) is 0 Å². The van der Waals surface area contributed by atoms with Crippen LogP contribution in [0.4, 0.5) is 11.4 Å². The van der Waals surface area contributed by atoms with Crippen LogP contribution in [0.2, 0.25) is 0 Å². The zero-order valence-corrected chi connectivity index (χ0v) is 27.2. The summed E-state index contributed by atoms with van der Waals surface area (Å²) in [5, 5.41) is 0. The Balaban J connectivity index is 1.36. The van der Waals surface area contributed by atoms with Crippen LogP contribution in [0.1, 0.15) is 48.6 Å². The van der Waals surface area contributed by atoms with Gasteiger partial charge in [0, 0.05) is 39.6 Å². The Hall–Kier alpha value is -4.82. The van der Waals surface area contributed by atoms with Crippen molar-refractivity contribution in [3.8, 4) is 22.3 Å². The third kappa shape index (κ3) is 7.76. The fourth-order valence-corrected chi connectivity index (χ4v) is 5.12. The van der Waals surface area contributed by atoms with E-state index in [9.17, 15) is 0 Å². The molecule has 222 valence electrons. The molecule has 5 aromatic carbocycles. The van der Waals surface area contributed by atoms with Crippen molar-refractivity contribution in [3.63, 3.8) is 0 Å². The van der Waals surface area contributed by atoms with Crippen molar-refractivity contribution in [3.05, 3.63) is 143 Å². The van der Waals surface area contributed by atoms with Gasteiger partial charge in [-0.3, -0.25) is 0 Å². The SMILES string of the molecule is CN(C)c1ccc(/C=C/c2ccc(-c3cc(-c4ccc(/C=C/c5ccc(N(C)C)cc5)cc4)cc(C(C)(C)C)c3)cc2)cc1. The lowest BCUT2D eigenvalue weighted by molar-refractivity contribution is 0.590. The van der Waals surface area contributed by atoms with E-state index < -0.39 is 0 Å². The highest BCUT2D eigenvalue weighted by Crippen LogP contribution is 2.34. The molecule has 0 N–H and O–H groups in total. The van der Waals surface area contributed by atoms with Crippen molar-refractivity contribution in [1.29, 1.82) is 0 Å². The highest BCUT2D eigenvalue weighted by molar-refractivity contribution is 5.78. The van der Waals surface area contributed by atoms with Gasteiger partial charge < -0.3 is 9.80 Å². The van der Waals surface area contributed by atoms with Crippen LogP contribution in [-0.2, 0) is 5.41 Å².